The monoisotopic (exact) mass is 460 g/mol. The summed E-state index contributed by atoms with van der Waals surface area (Å²) in [5.41, 5.74) is 1.82. The number of rotatable bonds is 9. The van der Waals surface area contributed by atoms with Gasteiger partial charge in [0, 0.05) is 16.3 Å². The molecule has 4 aromatic rings. The minimum atomic E-state index is -0.713. The van der Waals surface area contributed by atoms with Crippen LogP contribution in [0.25, 0.3) is 0 Å². The fraction of sp³-hybridized carbons (Fsp3) is 0.154. The molecule has 1 unspecified atom stereocenters. The van der Waals surface area contributed by atoms with Gasteiger partial charge in [0.05, 0.1) is 13.0 Å². The van der Waals surface area contributed by atoms with Crippen LogP contribution in [-0.2, 0) is 29.1 Å². The highest BCUT2D eigenvalue weighted by Crippen LogP contribution is 2.26. The SMILES string of the molecule is O=C(NCc1ccccc1)C(c1ccccc1)N(Cc1cccs1)C(=O)Cc1cccs1. The van der Waals surface area contributed by atoms with Crippen LogP contribution >= 0.6 is 22.7 Å². The lowest BCUT2D eigenvalue weighted by molar-refractivity contribution is -0.141. The molecule has 0 aliphatic heterocycles. The van der Waals surface area contributed by atoms with Gasteiger partial charge in [0.25, 0.3) is 0 Å². The quantitative estimate of drug-likeness (QED) is 0.362. The van der Waals surface area contributed by atoms with E-state index in [1.54, 1.807) is 27.6 Å². The predicted molar refractivity (Wildman–Crippen MR) is 130 cm³/mol. The molecule has 32 heavy (non-hydrogen) atoms. The Morgan fingerprint density at radius 2 is 1.41 bits per heavy atom. The average Bonchev–Trinajstić information content (AvgIpc) is 3.53. The van der Waals surface area contributed by atoms with Crippen LogP contribution in [0.2, 0.25) is 0 Å². The fourth-order valence-electron chi connectivity index (χ4n) is 3.55. The number of carbonyl (C=O) groups excluding carboxylic acids is 2. The number of nitrogens with zero attached hydrogens (tertiary/aromatic N) is 1. The van der Waals surface area contributed by atoms with Crippen molar-refractivity contribution >= 4 is 34.5 Å². The maximum absolute atomic E-state index is 13.5. The lowest BCUT2D eigenvalue weighted by Gasteiger charge is -2.31. The summed E-state index contributed by atoms with van der Waals surface area (Å²) in [6.07, 6.45) is 0.276. The lowest BCUT2D eigenvalue weighted by Crippen LogP contribution is -2.43. The van der Waals surface area contributed by atoms with Crippen molar-refractivity contribution in [3.63, 3.8) is 0 Å². The Hall–Kier alpha value is -3.22. The van der Waals surface area contributed by atoms with Crippen molar-refractivity contribution in [1.29, 1.82) is 0 Å². The molecule has 2 aromatic heterocycles. The molecule has 0 bridgehead atoms. The zero-order valence-electron chi connectivity index (χ0n) is 17.5. The molecule has 1 N–H and O–H groups in total. The molecule has 0 aliphatic rings. The number of hydrogen-bond donors (Lipinski definition) is 1. The summed E-state index contributed by atoms with van der Waals surface area (Å²) in [4.78, 5) is 30.7. The number of amides is 2. The molecule has 2 aromatic carbocycles. The Bertz CT molecular complexity index is 1110. The van der Waals surface area contributed by atoms with Crippen LogP contribution in [0.15, 0.2) is 95.7 Å². The molecule has 0 saturated heterocycles. The second kappa shape index (κ2) is 10.9. The van der Waals surface area contributed by atoms with Crippen LogP contribution < -0.4 is 5.32 Å². The number of hydrogen-bond acceptors (Lipinski definition) is 4. The van der Waals surface area contributed by atoms with Gasteiger partial charge in [-0.05, 0) is 34.0 Å². The van der Waals surface area contributed by atoms with Crippen molar-refractivity contribution in [2.24, 2.45) is 0 Å². The summed E-state index contributed by atoms with van der Waals surface area (Å²) in [5, 5.41) is 7.00. The average molecular weight is 461 g/mol. The van der Waals surface area contributed by atoms with E-state index in [1.807, 2.05) is 95.7 Å². The summed E-state index contributed by atoms with van der Waals surface area (Å²) in [5.74, 6) is -0.249. The molecule has 0 saturated carbocycles. The van der Waals surface area contributed by atoms with Crippen LogP contribution in [0.4, 0.5) is 0 Å². The molecule has 0 aliphatic carbocycles. The minimum Gasteiger partial charge on any atom is -0.350 e. The van der Waals surface area contributed by atoms with Crippen molar-refractivity contribution in [2.75, 3.05) is 0 Å². The van der Waals surface area contributed by atoms with Gasteiger partial charge in [0.1, 0.15) is 6.04 Å². The van der Waals surface area contributed by atoms with E-state index in [9.17, 15) is 9.59 Å². The maximum Gasteiger partial charge on any atom is 0.247 e. The molecule has 2 amide bonds. The van der Waals surface area contributed by atoms with Crippen LogP contribution in [0.5, 0.6) is 0 Å². The third-order valence-corrected chi connectivity index (χ3v) is 6.85. The standard InChI is InChI=1S/C26H24N2O2S2/c29-24(17-22-13-7-15-31-22)28(19-23-14-8-16-32-23)25(21-11-5-2-6-12-21)26(30)27-18-20-9-3-1-4-10-20/h1-16,25H,17-19H2,(H,27,30). The smallest absolute Gasteiger partial charge is 0.247 e. The van der Waals surface area contributed by atoms with Crippen LogP contribution in [-0.4, -0.2) is 16.7 Å². The van der Waals surface area contributed by atoms with Crippen LogP contribution in [0.3, 0.4) is 0 Å². The van der Waals surface area contributed by atoms with E-state index in [0.717, 1.165) is 20.9 Å². The Morgan fingerprint density at radius 3 is 2.03 bits per heavy atom. The zero-order valence-corrected chi connectivity index (χ0v) is 19.1. The number of nitrogens with one attached hydrogen (secondary N) is 1. The maximum atomic E-state index is 13.5. The van der Waals surface area contributed by atoms with Gasteiger partial charge in [-0.1, -0.05) is 72.8 Å². The molecular weight excluding hydrogens is 436 g/mol. The summed E-state index contributed by atoms with van der Waals surface area (Å²) in [7, 11) is 0. The molecular formula is C26H24N2O2S2. The van der Waals surface area contributed by atoms with Crippen molar-refractivity contribution in [1.82, 2.24) is 10.2 Å². The normalized spacial score (nSPS) is 11.6. The van der Waals surface area contributed by atoms with E-state index in [1.165, 1.54) is 0 Å². The van der Waals surface area contributed by atoms with Gasteiger partial charge >= 0.3 is 0 Å². The van der Waals surface area contributed by atoms with Gasteiger partial charge in [-0.2, -0.15) is 0 Å². The van der Waals surface area contributed by atoms with Gasteiger partial charge in [-0.25, -0.2) is 0 Å². The first-order valence-electron chi connectivity index (χ1n) is 10.4. The van der Waals surface area contributed by atoms with Crippen molar-refractivity contribution < 1.29 is 9.59 Å². The summed E-state index contributed by atoms with van der Waals surface area (Å²) >= 11 is 3.14. The molecule has 4 rings (SSSR count). The van der Waals surface area contributed by atoms with Crippen molar-refractivity contribution in [3.05, 3.63) is 117 Å². The fourth-order valence-corrected chi connectivity index (χ4v) is 4.95. The number of thiophene rings is 2. The number of carbonyl (C=O) groups is 2. The summed E-state index contributed by atoms with van der Waals surface area (Å²) in [6.45, 7) is 0.801. The molecule has 0 radical (unpaired) electrons. The summed E-state index contributed by atoms with van der Waals surface area (Å²) < 4.78 is 0. The van der Waals surface area contributed by atoms with Gasteiger partial charge in [-0.15, -0.1) is 22.7 Å². The molecule has 162 valence electrons. The first-order valence-corrected chi connectivity index (χ1v) is 12.2. The highest BCUT2D eigenvalue weighted by atomic mass is 32.1. The van der Waals surface area contributed by atoms with E-state index in [0.29, 0.717) is 13.1 Å². The third-order valence-electron chi connectivity index (χ3n) is 5.12. The Kier molecular flexibility index (Phi) is 7.48. The van der Waals surface area contributed by atoms with Crippen molar-refractivity contribution in [3.8, 4) is 0 Å². The first kappa shape index (κ1) is 22.0. The number of benzene rings is 2. The zero-order chi connectivity index (χ0) is 22.2. The molecule has 1 atom stereocenters. The van der Waals surface area contributed by atoms with E-state index >= 15 is 0 Å². The molecule has 0 fully saturated rings. The first-order chi connectivity index (χ1) is 15.7. The minimum absolute atomic E-state index is 0.0652. The Balaban J connectivity index is 1.63. The Morgan fingerprint density at radius 1 is 0.781 bits per heavy atom. The molecule has 0 spiro atoms. The van der Waals surface area contributed by atoms with Gasteiger partial charge in [0.15, 0.2) is 0 Å². The van der Waals surface area contributed by atoms with E-state index in [2.05, 4.69) is 5.32 Å². The van der Waals surface area contributed by atoms with Gasteiger partial charge in [-0.3, -0.25) is 9.59 Å². The molecule has 4 nitrogen and oxygen atoms in total. The Labute approximate surface area is 196 Å². The van der Waals surface area contributed by atoms with Crippen molar-refractivity contribution in [2.45, 2.75) is 25.6 Å². The highest BCUT2D eigenvalue weighted by Gasteiger charge is 2.31. The second-order valence-electron chi connectivity index (χ2n) is 7.37. The van der Waals surface area contributed by atoms with Gasteiger partial charge in [0.2, 0.25) is 11.8 Å². The largest absolute Gasteiger partial charge is 0.350 e. The van der Waals surface area contributed by atoms with E-state index in [-0.39, 0.29) is 18.2 Å². The molecule has 6 heteroatoms. The van der Waals surface area contributed by atoms with E-state index in [4.69, 9.17) is 0 Å². The van der Waals surface area contributed by atoms with Crippen LogP contribution in [0, 0.1) is 0 Å². The highest BCUT2D eigenvalue weighted by molar-refractivity contribution is 7.10. The predicted octanol–water partition coefficient (Wildman–Crippen LogP) is 5.44. The molecule has 2 heterocycles. The van der Waals surface area contributed by atoms with Crippen LogP contribution in [0.1, 0.15) is 26.9 Å². The lowest BCUT2D eigenvalue weighted by atomic mass is 10.0. The van der Waals surface area contributed by atoms with E-state index < -0.39 is 6.04 Å². The van der Waals surface area contributed by atoms with Gasteiger partial charge < -0.3 is 10.2 Å². The second-order valence-corrected chi connectivity index (χ2v) is 9.44. The topological polar surface area (TPSA) is 49.4 Å². The third kappa shape index (κ3) is 5.72. The summed E-state index contributed by atoms with van der Waals surface area (Å²) in [6, 6.07) is 26.5.